The second-order valence-electron chi connectivity index (χ2n) is 3.47. The zero-order valence-corrected chi connectivity index (χ0v) is 8.64. The molecule has 0 spiro atoms. The van der Waals surface area contributed by atoms with Crippen LogP contribution in [0.4, 0.5) is 5.82 Å². The second kappa shape index (κ2) is 3.38. The van der Waals surface area contributed by atoms with Gasteiger partial charge in [0.1, 0.15) is 11.8 Å². The average molecular weight is 199 g/mol. The van der Waals surface area contributed by atoms with E-state index < -0.39 is 10.5 Å². The minimum atomic E-state index is -0.622. The van der Waals surface area contributed by atoms with Crippen molar-refractivity contribution in [2.75, 3.05) is 7.11 Å². The molecule has 6 heteroatoms. The summed E-state index contributed by atoms with van der Waals surface area (Å²) in [6.45, 7) is 3.61. The Morgan fingerprint density at radius 3 is 2.57 bits per heavy atom. The maximum absolute atomic E-state index is 10.6. The number of hydrogen-bond donors (Lipinski definition) is 0. The minimum Gasteiger partial charge on any atom is -0.369 e. The van der Waals surface area contributed by atoms with Gasteiger partial charge in [-0.25, -0.2) is 9.55 Å². The molecule has 1 aromatic rings. The summed E-state index contributed by atoms with van der Waals surface area (Å²) in [5, 5.41) is 10.6. The number of hydrogen-bond acceptors (Lipinski definition) is 4. The number of nitrogens with zero attached hydrogens (tertiary/aromatic N) is 3. The van der Waals surface area contributed by atoms with Gasteiger partial charge in [0.2, 0.25) is 5.82 Å². The Labute approximate surface area is 81.7 Å². The van der Waals surface area contributed by atoms with Gasteiger partial charge >= 0.3 is 5.82 Å². The minimum absolute atomic E-state index is 0.0369. The molecular formula is C8H13N3O3. The van der Waals surface area contributed by atoms with Crippen molar-refractivity contribution in [2.24, 2.45) is 7.05 Å². The van der Waals surface area contributed by atoms with E-state index in [9.17, 15) is 10.1 Å². The average Bonchev–Trinajstić information content (AvgIpc) is 2.47. The van der Waals surface area contributed by atoms with E-state index in [1.165, 1.54) is 10.8 Å². The van der Waals surface area contributed by atoms with Gasteiger partial charge in [0, 0.05) is 7.11 Å². The van der Waals surface area contributed by atoms with Crippen molar-refractivity contribution in [3.8, 4) is 0 Å². The lowest BCUT2D eigenvalue weighted by molar-refractivity contribution is -0.392. The molecule has 0 aliphatic carbocycles. The van der Waals surface area contributed by atoms with Gasteiger partial charge in [0.25, 0.3) is 0 Å². The lowest BCUT2D eigenvalue weighted by atomic mass is 10.1. The first-order chi connectivity index (χ1) is 6.40. The molecule has 0 bridgehead atoms. The standard InChI is InChI=1S/C8H13N3O3/c1-8(2,14-4)7-9-5-6(10(7)3)11(12)13/h5H,1-4H3. The van der Waals surface area contributed by atoms with Gasteiger partial charge < -0.3 is 14.9 Å². The summed E-state index contributed by atoms with van der Waals surface area (Å²) in [7, 11) is 3.14. The van der Waals surface area contributed by atoms with Crippen molar-refractivity contribution in [1.29, 1.82) is 0 Å². The van der Waals surface area contributed by atoms with Crippen LogP contribution in [0.5, 0.6) is 0 Å². The summed E-state index contributed by atoms with van der Waals surface area (Å²) in [6.07, 6.45) is 1.23. The van der Waals surface area contributed by atoms with Crippen LogP contribution in [0.1, 0.15) is 19.7 Å². The Morgan fingerprint density at radius 1 is 1.64 bits per heavy atom. The zero-order chi connectivity index (χ0) is 10.9. The fourth-order valence-corrected chi connectivity index (χ4v) is 1.22. The fourth-order valence-electron chi connectivity index (χ4n) is 1.22. The Kier molecular flexibility index (Phi) is 2.57. The van der Waals surface area contributed by atoms with Gasteiger partial charge in [-0.3, -0.25) is 0 Å². The van der Waals surface area contributed by atoms with E-state index in [4.69, 9.17) is 4.74 Å². The van der Waals surface area contributed by atoms with Gasteiger partial charge in [-0.15, -0.1) is 0 Å². The van der Waals surface area contributed by atoms with E-state index in [-0.39, 0.29) is 5.82 Å². The third kappa shape index (κ3) is 1.60. The summed E-state index contributed by atoms with van der Waals surface area (Å²) < 4.78 is 6.61. The van der Waals surface area contributed by atoms with Gasteiger partial charge in [-0.2, -0.15) is 0 Å². The maximum Gasteiger partial charge on any atom is 0.342 e. The zero-order valence-electron chi connectivity index (χ0n) is 8.64. The smallest absolute Gasteiger partial charge is 0.342 e. The van der Waals surface area contributed by atoms with Crippen molar-refractivity contribution in [2.45, 2.75) is 19.4 Å². The molecule has 0 aliphatic heterocycles. The highest BCUT2D eigenvalue weighted by Crippen LogP contribution is 2.25. The fraction of sp³-hybridized carbons (Fsp3) is 0.625. The van der Waals surface area contributed by atoms with Crippen LogP contribution in [-0.2, 0) is 17.4 Å². The van der Waals surface area contributed by atoms with E-state index in [0.717, 1.165) is 0 Å². The van der Waals surface area contributed by atoms with Crippen molar-refractivity contribution in [3.05, 3.63) is 22.1 Å². The number of rotatable bonds is 3. The summed E-state index contributed by atoms with van der Waals surface area (Å²) in [6, 6.07) is 0. The number of methoxy groups -OCH3 is 1. The Morgan fingerprint density at radius 2 is 2.21 bits per heavy atom. The van der Waals surface area contributed by atoms with E-state index in [1.807, 2.05) is 0 Å². The lowest BCUT2D eigenvalue weighted by Crippen LogP contribution is -2.24. The Hall–Kier alpha value is -1.43. The van der Waals surface area contributed by atoms with Crippen molar-refractivity contribution < 1.29 is 9.66 Å². The molecule has 0 saturated heterocycles. The lowest BCUT2D eigenvalue weighted by Gasteiger charge is -2.18. The first-order valence-electron chi connectivity index (χ1n) is 4.12. The van der Waals surface area contributed by atoms with Crippen LogP contribution >= 0.6 is 0 Å². The highest BCUT2D eigenvalue weighted by Gasteiger charge is 2.31. The molecule has 0 fully saturated rings. The maximum atomic E-state index is 10.6. The Bertz CT molecular complexity index is 357. The first-order valence-corrected chi connectivity index (χ1v) is 4.12. The van der Waals surface area contributed by atoms with E-state index in [2.05, 4.69) is 4.98 Å². The number of imidazole rings is 1. The molecule has 0 radical (unpaired) electrons. The van der Waals surface area contributed by atoms with Crippen LogP contribution in [0.3, 0.4) is 0 Å². The topological polar surface area (TPSA) is 70.2 Å². The third-order valence-corrected chi connectivity index (χ3v) is 2.20. The molecular weight excluding hydrogens is 186 g/mol. The third-order valence-electron chi connectivity index (χ3n) is 2.20. The summed E-state index contributed by atoms with van der Waals surface area (Å²) in [4.78, 5) is 14.1. The Balaban J connectivity index is 3.19. The quantitative estimate of drug-likeness (QED) is 0.542. The van der Waals surface area contributed by atoms with Crippen LogP contribution in [0.2, 0.25) is 0 Å². The van der Waals surface area contributed by atoms with Gasteiger partial charge in [0.15, 0.2) is 0 Å². The molecule has 1 heterocycles. The molecule has 6 nitrogen and oxygen atoms in total. The van der Waals surface area contributed by atoms with Gasteiger partial charge in [-0.05, 0) is 18.8 Å². The molecule has 0 aliphatic rings. The van der Waals surface area contributed by atoms with E-state index in [1.54, 1.807) is 28.0 Å². The van der Waals surface area contributed by atoms with Crippen molar-refractivity contribution >= 4 is 5.82 Å². The number of nitro groups is 1. The molecule has 1 aromatic heterocycles. The molecule has 0 atom stereocenters. The van der Waals surface area contributed by atoms with Crippen LogP contribution in [0.25, 0.3) is 0 Å². The molecule has 0 unspecified atom stereocenters. The van der Waals surface area contributed by atoms with Crippen LogP contribution in [0, 0.1) is 10.1 Å². The highest BCUT2D eigenvalue weighted by atomic mass is 16.6. The molecule has 0 saturated carbocycles. The molecule has 1 rings (SSSR count). The normalized spacial score (nSPS) is 11.7. The van der Waals surface area contributed by atoms with Gasteiger partial charge in [0.05, 0.1) is 7.05 Å². The molecule has 0 aromatic carbocycles. The molecule has 78 valence electrons. The van der Waals surface area contributed by atoms with E-state index >= 15 is 0 Å². The van der Waals surface area contributed by atoms with Crippen LogP contribution < -0.4 is 0 Å². The largest absolute Gasteiger partial charge is 0.369 e. The summed E-state index contributed by atoms with van der Waals surface area (Å²) in [5.74, 6) is 0.497. The number of ether oxygens (including phenoxy) is 1. The molecule has 0 N–H and O–H groups in total. The summed E-state index contributed by atoms with van der Waals surface area (Å²) in [5.41, 5.74) is -0.622. The number of aromatic nitrogens is 2. The summed E-state index contributed by atoms with van der Waals surface area (Å²) >= 11 is 0. The highest BCUT2D eigenvalue weighted by molar-refractivity contribution is 5.21. The molecule has 14 heavy (non-hydrogen) atoms. The van der Waals surface area contributed by atoms with Crippen LogP contribution in [-0.4, -0.2) is 21.6 Å². The van der Waals surface area contributed by atoms with Gasteiger partial charge in [-0.1, -0.05) is 0 Å². The predicted molar refractivity (Wildman–Crippen MR) is 49.9 cm³/mol. The SMILES string of the molecule is COC(C)(C)c1ncc([N+](=O)[O-])n1C. The first kappa shape index (κ1) is 10.6. The van der Waals surface area contributed by atoms with Crippen molar-refractivity contribution in [1.82, 2.24) is 9.55 Å². The molecule has 0 amide bonds. The second-order valence-corrected chi connectivity index (χ2v) is 3.47. The van der Waals surface area contributed by atoms with E-state index in [0.29, 0.717) is 5.82 Å². The predicted octanol–water partition coefficient (Wildman–Crippen LogP) is 1.21. The van der Waals surface area contributed by atoms with Crippen molar-refractivity contribution in [3.63, 3.8) is 0 Å². The monoisotopic (exact) mass is 199 g/mol. The van der Waals surface area contributed by atoms with Crippen LogP contribution in [0.15, 0.2) is 6.20 Å².